The van der Waals surface area contributed by atoms with Crippen LogP contribution in [-0.2, 0) is 16.1 Å². The van der Waals surface area contributed by atoms with Gasteiger partial charge >= 0.3 is 0 Å². The van der Waals surface area contributed by atoms with Crippen molar-refractivity contribution in [1.82, 2.24) is 9.91 Å². The molecule has 0 aliphatic carbocycles. The number of benzene rings is 1. The van der Waals surface area contributed by atoms with Crippen LogP contribution in [-0.4, -0.2) is 26.8 Å². The van der Waals surface area contributed by atoms with Crippen LogP contribution in [0.4, 0.5) is 0 Å². The van der Waals surface area contributed by atoms with E-state index in [0.717, 1.165) is 12.5 Å². The van der Waals surface area contributed by atoms with Crippen molar-refractivity contribution in [1.29, 1.82) is 0 Å². The Balaban J connectivity index is 2.98. The molecule has 7 nitrogen and oxygen atoms in total. The minimum absolute atomic E-state index is 0.0288. The Labute approximate surface area is 116 Å². The highest BCUT2D eigenvalue weighted by Crippen LogP contribution is 2.18. The van der Waals surface area contributed by atoms with Crippen LogP contribution in [0, 0.1) is 16.3 Å². The molecular weight excluding hydrogens is 262 g/mol. The van der Waals surface area contributed by atoms with Crippen LogP contribution in [0.3, 0.4) is 0 Å². The van der Waals surface area contributed by atoms with E-state index in [1.165, 1.54) is 18.7 Å². The first-order chi connectivity index (χ1) is 9.34. The van der Waals surface area contributed by atoms with Gasteiger partial charge in [-0.05, 0) is 17.5 Å². The van der Waals surface area contributed by atoms with Gasteiger partial charge in [0, 0.05) is 20.4 Å². The lowest BCUT2D eigenvalue weighted by molar-refractivity contribution is -0.634. The summed E-state index contributed by atoms with van der Waals surface area (Å²) in [5, 5.41) is 10.4. The van der Waals surface area contributed by atoms with Crippen LogP contribution >= 0.6 is 0 Å². The molecule has 1 aromatic rings. The Bertz CT molecular complexity index is 490. The van der Waals surface area contributed by atoms with Gasteiger partial charge in [-0.3, -0.25) is 9.59 Å². The maximum Gasteiger partial charge on any atom is 0.283 e. The number of hydrogen-bond acceptors (Lipinski definition) is 4. The third-order valence-corrected chi connectivity index (χ3v) is 2.72. The van der Waals surface area contributed by atoms with E-state index in [1.807, 2.05) is 6.07 Å². The van der Waals surface area contributed by atoms with Gasteiger partial charge in [0.05, 0.1) is 0 Å². The minimum atomic E-state index is -0.835. The van der Waals surface area contributed by atoms with E-state index in [1.54, 1.807) is 24.3 Å². The molecule has 2 amide bonds. The summed E-state index contributed by atoms with van der Waals surface area (Å²) in [6, 6.07) is 9.04. The van der Waals surface area contributed by atoms with Crippen LogP contribution in [0.1, 0.15) is 26.3 Å². The van der Waals surface area contributed by atoms with Gasteiger partial charge in [-0.2, -0.15) is 0 Å². The van der Waals surface area contributed by atoms with Gasteiger partial charge in [0.15, 0.2) is 5.03 Å². The van der Waals surface area contributed by atoms with Crippen molar-refractivity contribution in [3.05, 3.63) is 52.2 Å². The number of carbonyl (C=O) groups is 2. The lowest BCUT2D eigenvalue weighted by Crippen LogP contribution is -2.46. The molecule has 0 aliphatic heterocycles. The summed E-state index contributed by atoms with van der Waals surface area (Å²) in [5.74, 6) is -1.13. The molecular formula is C13H16N3O4. The van der Waals surface area contributed by atoms with Gasteiger partial charge in [0.25, 0.3) is 5.91 Å². The number of nitrogens with zero attached hydrogens (tertiary/aromatic N) is 3. The molecule has 7 heteroatoms. The van der Waals surface area contributed by atoms with Crippen molar-refractivity contribution < 1.29 is 14.6 Å². The van der Waals surface area contributed by atoms with Crippen molar-refractivity contribution >= 4 is 11.8 Å². The quantitative estimate of drug-likeness (QED) is 0.604. The summed E-state index contributed by atoms with van der Waals surface area (Å²) in [7, 11) is 0. The first-order valence-corrected chi connectivity index (χ1v) is 5.95. The largest absolute Gasteiger partial charge is 0.307 e. The number of carbonyl (C=O) groups excluding carboxylic acids is 2. The molecule has 1 aromatic carbocycles. The molecule has 0 aliphatic rings. The maximum absolute atomic E-state index is 11.7. The fraction of sp³-hybridized carbons (Fsp3) is 0.308. The van der Waals surface area contributed by atoms with Crippen molar-refractivity contribution in [2.24, 2.45) is 0 Å². The van der Waals surface area contributed by atoms with Gasteiger partial charge in [-0.1, -0.05) is 30.3 Å². The zero-order chi connectivity index (χ0) is 15.3. The summed E-state index contributed by atoms with van der Waals surface area (Å²) in [5.41, 5.74) is 0.814. The lowest BCUT2D eigenvalue weighted by Gasteiger charge is -2.28. The highest BCUT2D eigenvalue weighted by atomic mass is 16.7. The van der Waals surface area contributed by atoms with Crippen LogP contribution in [0.5, 0.6) is 0 Å². The summed E-state index contributed by atoms with van der Waals surface area (Å²) in [4.78, 5) is 35.1. The third kappa shape index (κ3) is 3.78. The average Bonchev–Trinajstić information content (AvgIpc) is 2.35. The number of amides is 2. The third-order valence-electron chi connectivity index (χ3n) is 2.72. The highest BCUT2D eigenvalue weighted by Gasteiger charge is 2.35. The average molecular weight is 278 g/mol. The van der Waals surface area contributed by atoms with E-state index in [4.69, 9.17) is 0 Å². The molecule has 0 fully saturated rings. The Kier molecular flexibility index (Phi) is 5.19. The zero-order valence-corrected chi connectivity index (χ0v) is 11.6. The topological polar surface area (TPSA) is 83.8 Å². The molecule has 20 heavy (non-hydrogen) atoms. The first-order valence-electron chi connectivity index (χ1n) is 5.95. The van der Waals surface area contributed by atoms with Crippen molar-refractivity contribution in [2.75, 3.05) is 0 Å². The molecule has 0 saturated heterocycles. The van der Waals surface area contributed by atoms with Crippen molar-refractivity contribution in [2.45, 2.75) is 27.3 Å². The van der Waals surface area contributed by atoms with E-state index in [2.05, 4.69) is 0 Å². The second-order valence-electron chi connectivity index (χ2n) is 4.21. The van der Waals surface area contributed by atoms with Crippen LogP contribution < -0.4 is 0 Å². The summed E-state index contributed by atoms with van der Waals surface area (Å²) in [6.07, 6.45) is -0.0288. The molecule has 0 saturated carbocycles. The van der Waals surface area contributed by atoms with Gasteiger partial charge in [0.2, 0.25) is 12.1 Å². The van der Waals surface area contributed by atoms with E-state index in [9.17, 15) is 19.7 Å². The Morgan fingerprint density at radius 3 is 2.05 bits per heavy atom. The van der Waals surface area contributed by atoms with Crippen LogP contribution in [0.2, 0.25) is 0 Å². The molecule has 0 heterocycles. The lowest BCUT2D eigenvalue weighted by atomic mass is 10.2. The second kappa shape index (κ2) is 6.65. The summed E-state index contributed by atoms with van der Waals surface area (Å²) >= 11 is 0. The fourth-order valence-corrected chi connectivity index (χ4v) is 1.79. The van der Waals surface area contributed by atoms with Crippen molar-refractivity contribution in [3.63, 3.8) is 0 Å². The standard InChI is InChI=1S/C13H16N3O4/c1-10(15(12(3)18)16(19)20)14(11(2)17)9-13-7-5-4-6-8-13/h4-8H,9H2,1-3H3. The normalized spacial score (nSPS) is 10.2. The highest BCUT2D eigenvalue weighted by molar-refractivity contribution is 5.77. The number of rotatable bonds is 5. The zero-order valence-electron chi connectivity index (χ0n) is 11.6. The molecule has 0 atom stereocenters. The molecule has 0 N–H and O–H groups in total. The SMILES string of the molecule is C[C](N(Cc1ccccc1)C(C)=O)N(C(C)=O)[N+](=O)[O-]. The molecule has 1 rings (SSSR count). The van der Waals surface area contributed by atoms with Crippen LogP contribution in [0.25, 0.3) is 0 Å². The number of hydrazine groups is 1. The molecule has 107 valence electrons. The molecule has 0 bridgehead atoms. The van der Waals surface area contributed by atoms with E-state index in [-0.39, 0.29) is 18.6 Å². The molecule has 0 spiro atoms. The van der Waals surface area contributed by atoms with Crippen molar-refractivity contribution in [3.8, 4) is 0 Å². The Morgan fingerprint density at radius 1 is 1.10 bits per heavy atom. The monoisotopic (exact) mass is 278 g/mol. The number of nitro groups is 1. The van der Waals surface area contributed by atoms with Gasteiger partial charge < -0.3 is 4.90 Å². The van der Waals surface area contributed by atoms with Gasteiger partial charge in [0.1, 0.15) is 0 Å². The summed E-state index contributed by atoms with van der Waals surface area (Å²) < 4.78 is 0. The van der Waals surface area contributed by atoms with E-state index >= 15 is 0 Å². The minimum Gasteiger partial charge on any atom is -0.307 e. The Hall–Kier alpha value is -2.44. The number of hydrogen-bond donors (Lipinski definition) is 0. The van der Waals surface area contributed by atoms with Gasteiger partial charge in [-0.15, -0.1) is 0 Å². The smallest absolute Gasteiger partial charge is 0.283 e. The molecule has 0 aromatic heterocycles. The fourth-order valence-electron chi connectivity index (χ4n) is 1.79. The predicted molar refractivity (Wildman–Crippen MR) is 71.1 cm³/mol. The van der Waals surface area contributed by atoms with Gasteiger partial charge in [-0.25, -0.2) is 10.1 Å². The first kappa shape index (κ1) is 15.6. The van der Waals surface area contributed by atoms with E-state index in [0.29, 0.717) is 5.01 Å². The second-order valence-corrected chi connectivity index (χ2v) is 4.21. The molecule has 0 unspecified atom stereocenters. The van der Waals surface area contributed by atoms with Crippen LogP contribution in [0.15, 0.2) is 30.3 Å². The predicted octanol–water partition coefficient (Wildman–Crippen LogP) is 1.58. The van der Waals surface area contributed by atoms with E-state index < -0.39 is 10.9 Å². The molecule has 1 radical (unpaired) electrons. The maximum atomic E-state index is 11.7. The Morgan fingerprint density at radius 2 is 1.65 bits per heavy atom. The summed E-state index contributed by atoms with van der Waals surface area (Å²) in [6.45, 7) is 3.91.